The van der Waals surface area contributed by atoms with Crippen molar-refractivity contribution < 1.29 is 13.2 Å². The first-order valence-electron chi connectivity index (χ1n) is 10.2. The van der Waals surface area contributed by atoms with E-state index in [4.69, 9.17) is 0 Å². The SMILES string of the molecule is C=C(NCC(C)(F)F)N1CC2(CC2)C[C@@H]1Cc1cccc(-c2ccccc2)c1F. The minimum atomic E-state index is -2.80. The van der Waals surface area contributed by atoms with Crippen LogP contribution < -0.4 is 5.32 Å². The van der Waals surface area contributed by atoms with Crippen LogP contribution in [0.25, 0.3) is 11.1 Å². The topological polar surface area (TPSA) is 15.3 Å². The van der Waals surface area contributed by atoms with E-state index in [1.165, 1.54) is 0 Å². The lowest BCUT2D eigenvalue weighted by molar-refractivity contribution is 0.0228. The first kappa shape index (κ1) is 19.9. The molecule has 0 amide bonds. The molecule has 2 aliphatic rings. The average Bonchev–Trinajstić information content (AvgIpc) is 3.34. The van der Waals surface area contributed by atoms with Gasteiger partial charge in [-0.3, -0.25) is 0 Å². The number of hydrogen-bond acceptors (Lipinski definition) is 2. The highest BCUT2D eigenvalue weighted by molar-refractivity contribution is 5.65. The molecule has 29 heavy (non-hydrogen) atoms. The zero-order chi connectivity index (χ0) is 20.6. The predicted molar refractivity (Wildman–Crippen MR) is 110 cm³/mol. The molecule has 0 aromatic heterocycles. The highest BCUT2D eigenvalue weighted by Gasteiger charge is 2.52. The van der Waals surface area contributed by atoms with Crippen LogP contribution in [-0.4, -0.2) is 30.0 Å². The third kappa shape index (κ3) is 4.44. The van der Waals surface area contributed by atoms with Gasteiger partial charge in [0.25, 0.3) is 5.92 Å². The molecule has 1 heterocycles. The van der Waals surface area contributed by atoms with Crippen LogP contribution >= 0.6 is 0 Å². The predicted octanol–water partition coefficient (Wildman–Crippen LogP) is 5.61. The van der Waals surface area contributed by atoms with Crippen molar-refractivity contribution in [1.82, 2.24) is 10.2 Å². The van der Waals surface area contributed by atoms with Crippen molar-refractivity contribution in [1.29, 1.82) is 0 Å². The van der Waals surface area contributed by atoms with Crippen LogP contribution in [0.4, 0.5) is 13.2 Å². The number of hydrogen-bond donors (Lipinski definition) is 1. The molecule has 1 aliphatic heterocycles. The third-order valence-electron chi connectivity index (χ3n) is 6.14. The molecule has 1 saturated heterocycles. The van der Waals surface area contributed by atoms with E-state index < -0.39 is 12.5 Å². The maximum atomic E-state index is 15.3. The van der Waals surface area contributed by atoms with Crippen molar-refractivity contribution in [2.24, 2.45) is 5.41 Å². The summed E-state index contributed by atoms with van der Waals surface area (Å²) in [5.74, 6) is -2.49. The summed E-state index contributed by atoms with van der Waals surface area (Å²) in [6.45, 7) is 5.25. The summed E-state index contributed by atoms with van der Waals surface area (Å²) in [5, 5.41) is 2.79. The smallest absolute Gasteiger partial charge is 0.262 e. The fourth-order valence-electron chi connectivity index (χ4n) is 4.39. The summed E-state index contributed by atoms with van der Waals surface area (Å²) < 4.78 is 41.8. The molecule has 1 atom stereocenters. The van der Waals surface area contributed by atoms with Crippen LogP contribution in [0.15, 0.2) is 60.9 Å². The molecular formula is C24H27F3N2. The highest BCUT2D eigenvalue weighted by Crippen LogP contribution is 2.55. The number of likely N-dealkylation sites (tertiary alicyclic amines) is 1. The zero-order valence-electron chi connectivity index (χ0n) is 16.7. The first-order valence-corrected chi connectivity index (χ1v) is 10.2. The zero-order valence-corrected chi connectivity index (χ0v) is 16.7. The molecule has 1 saturated carbocycles. The molecule has 1 aliphatic carbocycles. The highest BCUT2D eigenvalue weighted by atomic mass is 19.3. The molecule has 0 bridgehead atoms. The van der Waals surface area contributed by atoms with Crippen molar-refractivity contribution in [3.8, 4) is 11.1 Å². The number of halogens is 3. The number of rotatable bonds is 7. The van der Waals surface area contributed by atoms with Gasteiger partial charge in [0, 0.05) is 25.1 Å². The molecule has 2 fully saturated rings. The number of nitrogens with zero attached hydrogens (tertiary/aromatic N) is 1. The van der Waals surface area contributed by atoms with Gasteiger partial charge in [0.2, 0.25) is 0 Å². The van der Waals surface area contributed by atoms with Crippen molar-refractivity contribution >= 4 is 0 Å². The lowest BCUT2D eigenvalue weighted by atomic mass is 9.95. The van der Waals surface area contributed by atoms with E-state index in [1.807, 2.05) is 42.5 Å². The second kappa shape index (κ2) is 7.43. The van der Waals surface area contributed by atoms with E-state index in [0.29, 0.717) is 23.4 Å². The Hall–Kier alpha value is -2.43. The van der Waals surface area contributed by atoms with Gasteiger partial charge in [-0.25, -0.2) is 13.2 Å². The summed E-state index contributed by atoms with van der Waals surface area (Å²) >= 11 is 0. The van der Waals surface area contributed by atoms with E-state index in [-0.39, 0.29) is 17.3 Å². The molecular weight excluding hydrogens is 373 g/mol. The van der Waals surface area contributed by atoms with Crippen molar-refractivity contribution in [2.75, 3.05) is 13.1 Å². The molecule has 1 N–H and O–H groups in total. The van der Waals surface area contributed by atoms with Gasteiger partial charge in [-0.1, -0.05) is 55.1 Å². The quantitative estimate of drug-likeness (QED) is 0.650. The number of alkyl halides is 2. The number of benzene rings is 2. The largest absolute Gasteiger partial charge is 0.366 e. The van der Waals surface area contributed by atoms with E-state index in [1.54, 1.807) is 6.07 Å². The van der Waals surface area contributed by atoms with Crippen LogP contribution in [0.2, 0.25) is 0 Å². The fourth-order valence-corrected chi connectivity index (χ4v) is 4.39. The normalized spacial score (nSPS) is 20.1. The van der Waals surface area contributed by atoms with Crippen LogP contribution in [0.3, 0.4) is 0 Å². The Kier molecular flexibility index (Phi) is 5.09. The van der Waals surface area contributed by atoms with Crippen molar-refractivity contribution in [3.63, 3.8) is 0 Å². The van der Waals surface area contributed by atoms with Crippen LogP contribution in [0.1, 0.15) is 31.7 Å². The summed E-state index contributed by atoms with van der Waals surface area (Å²) in [5.41, 5.74) is 2.35. The molecule has 2 nitrogen and oxygen atoms in total. The van der Waals surface area contributed by atoms with Gasteiger partial charge in [0.05, 0.1) is 12.4 Å². The lowest BCUT2D eigenvalue weighted by Gasteiger charge is -2.30. The van der Waals surface area contributed by atoms with Gasteiger partial charge in [-0.05, 0) is 42.2 Å². The lowest BCUT2D eigenvalue weighted by Crippen LogP contribution is -2.40. The summed E-state index contributed by atoms with van der Waals surface area (Å²) in [4.78, 5) is 2.08. The summed E-state index contributed by atoms with van der Waals surface area (Å²) in [6.07, 6.45) is 3.77. The maximum absolute atomic E-state index is 15.3. The Labute approximate surface area is 170 Å². The van der Waals surface area contributed by atoms with Crippen LogP contribution in [-0.2, 0) is 6.42 Å². The van der Waals surface area contributed by atoms with Gasteiger partial charge < -0.3 is 10.2 Å². The van der Waals surface area contributed by atoms with Crippen LogP contribution in [0, 0.1) is 11.2 Å². The first-order chi connectivity index (χ1) is 13.8. The average molecular weight is 400 g/mol. The second-order valence-electron chi connectivity index (χ2n) is 8.71. The maximum Gasteiger partial charge on any atom is 0.262 e. The van der Waals surface area contributed by atoms with Gasteiger partial charge in [-0.15, -0.1) is 0 Å². The number of nitrogens with one attached hydrogen (secondary N) is 1. The molecule has 154 valence electrons. The van der Waals surface area contributed by atoms with E-state index in [9.17, 15) is 8.78 Å². The van der Waals surface area contributed by atoms with Crippen molar-refractivity contribution in [3.05, 3.63) is 72.3 Å². The molecule has 2 aromatic rings. The monoisotopic (exact) mass is 400 g/mol. The molecule has 0 unspecified atom stereocenters. The molecule has 0 radical (unpaired) electrons. The second-order valence-corrected chi connectivity index (χ2v) is 8.71. The van der Waals surface area contributed by atoms with Gasteiger partial charge in [-0.2, -0.15) is 0 Å². The Bertz CT molecular complexity index is 885. The van der Waals surface area contributed by atoms with Crippen LogP contribution in [0.5, 0.6) is 0 Å². The molecule has 2 aromatic carbocycles. The minimum Gasteiger partial charge on any atom is -0.366 e. The van der Waals surface area contributed by atoms with Crippen molar-refractivity contribution in [2.45, 2.75) is 44.6 Å². The fraction of sp³-hybridized carbons (Fsp3) is 0.417. The molecule has 1 spiro atoms. The Morgan fingerprint density at radius 2 is 1.90 bits per heavy atom. The molecule has 5 heteroatoms. The van der Waals surface area contributed by atoms with Gasteiger partial charge >= 0.3 is 0 Å². The Morgan fingerprint density at radius 1 is 1.17 bits per heavy atom. The summed E-state index contributed by atoms with van der Waals surface area (Å²) in [7, 11) is 0. The van der Waals surface area contributed by atoms with E-state index in [2.05, 4.69) is 16.8 Å². The Balaban J connectivity index is 1.54. The van der Waals surface area contributed by atoms with Gasteiger partial charge in [0.15, 0.2) is 0 Å². The third-order valence-corrected chi connectivity index (χ3v) is 6.14. The van der Waals surface area contributed by atoms with E-state index >= 15 is 4.39 Å². The van der Waals surface area contributed by atoms with Gasteiger partial charge in [0.1, 0.15) is 5.82 Å². The molecule has 4 rings (SSSR count). The summed E-state index contributed by atoms with van der Waals surface area (Å²) in [6, 6.07) is 15.1. The minimum absolute atomic E-state index is 0.0588. The van der Waals surface area contributed by atoms with E-state index in [0.717, 1.165) is 38.3 Å². The standard InChI is InChI=1S/C24H27F3N2/c1-17(28-15-23(2,26)27)29-16-24(11-12-24)14-20(29)13-19-9-6-10-21(22(19)25)18-7-4-3-5-8-18/h3-10,20,28H,1,11-16H2,2H3/t20-/m0/s1. The Morgan fingerprint density at radius 3 is 2.55 bits per heavy atom.